The molecule has 0 aliphatic carbocycles. The molecule has 1 aliphatic rings. The van der Waals surface area contributed by atoms with Crippen LogP contribution in [-0.2, 0) is 11.3 Å². The quantitative estimate of drug-likeness (QED) is 0.814. The van der Waals surface area contributed by atoms with E-state index in [1.807, 2.05) is 47.5 Å². The van der Waals surface area contributed by atoms with Gasteiger partial charge in [0.1, 0.15) is 6.54 Å². The molecular weight excluding hydrogens is 288 g/mol. The third-order valence-corrected chi connectivity index (χ3v) is 4.62. The molecule has 0 unspecified atom stereocenters. The Bertz CT molecular complexity index is 652. The summed E-state index contributed by atoms with van der Waals surface area (Å²) in [5.74, 6) is 0.0425. The molecule has 3 nitrogen and oxygen atoms in total. The number of thiophene rings is 1. The normalized spacial score (nSPS) is 15.2. The van der Waals surface area contributed by atoms with Crippen LogP contribution in [0.3, 0.4) is 0 Å². The van der Waals surface area contributed by atoms with Gasteiger partial charge in [-0.1, -0.05) is 24.3 Å². The molecule has 1 saturated heterocycles. The van der Waals surface area contributed by atoms with E-state index in [0.29, 0.717) is 18.2 Å². The molecule has 0 bridgehead atoms. The summed E-state index contributed by atoms with van der Waals surface area (Å²) >= 11 is 7.17. The SMILES string of the molecule is Cc1ccccc1N1C(=O)CN(Cc2cccs2)C1=S. The Labute approximate surface area is 127 Å². The molecule has 1 aromatic carbocycles. The molecule has 0 N–H and O–H groups in total. The van der Waals surface area contributed by atoms with Gasteiger partial charge in [0.05, 0.1) is 12.2 Å². The van der Waals surface area contributed by atoms with Crippen molar-refractivity contribution in [1.29, 1.82) is 0 Å². The van der Waals surface area contributed by atoms with Crippen LogP contribution in [0.15, 0.2) is 41.8 Å². The van der Waals surface area contributed by atoms with Crippen molar-refractivity contribution < 1.29 is 4.79 Å². The maximum absolute atomic E-state index is 12.3. The van der Waals surface area contributed by atoms with Gasteiger partial charge in [0.15, 0.2) is 5.11 Å². The van der Waals surface area contributed by atoms with E-state index in [0.717, 1.165) is 11.3 Å². The van der Waals surface area contributed by atoms with Gasteiger partial charge in [-0.15, -0.1) is 11.3 Å². The van der Waals surface area contributed by atoms with Crippen LogP contribution in [0.25, 0.3) is 0 Å². The van der Waals surface area contributed by atoms with Crippen molar-refractivity contribution in [3.63, 3.8) is 0 Å². The number of hydrogen-bond acceptors (Lipinski definition) is 3. The molecule has 0 radical (unpaired) electrons. The van der Waals surface area contributed by atoms with E-state index < -0.39 is 0 Å². The first-order chi connectivity index (χ1) is 9.66. The van der Waals surface area contributed by atoms with Gasteiger partial charge >= 0.3 is 0 Å². The van der Waals surface area contributed by atoms with Crippen LogP contribution in [0.4, 0.5) is 5.69 Å². The van der Waals surface area contributed by atoms with Gasteiger partial charge in [-0.2, -0.15) is 0 Å². The number of aryl methyl sites for hydroxylation is 1. The van der Waals surface area contributed by atoms with Gasteiger partial charge in [0, 0.05) is 4.88 Å². The van der Waals surface area contributed by atoms with Gasteiger partial charge < -0.3 is 4.90 Å². The topological polar surface area (TPSA) is 23.6 Å². The van der Waals surface area contributed by atoms with Crippen molar-refractivity contribution in [2.24, 2.45) is 0 Å². The lowest BCUT2D eigenvalue weighted by Gasteiger charge is -2.21. The Morgan fingerprint density at radius 3 is 2.75 bits per heavy atom. The van der Waals surface area contributed by atoms with Gasteiger partial charge in [0.2, 0.25) is 0 Å². The first-order valence-electron chi connectivity index (χ1n) is 6.36. The van der Waals surface area contributed by atoms with E-state index in [-0.39, 0.29) is 5.91 Å². The average molecular weight is 302 g/mol. The third-order valence-electron chi connectivity index (χ3n) is 3.32. The minimum absolute atomic E-state index is 0.0425. The fourth-order valence-corrected chi connectivity index (χ4v) is 3.36. The van der Waals surface area contributed by atoms with Gasteiger partial charge in [-0.25, -0.2) is 0 Å². The van der Waals surface area contributed by atoms with Crippen molar-refractivity contribution in [3.05, 3.63) is 52.2 Å². The van der Waals surface area contributed by atoms with Crippen LogP contribution in [0, 0.1) is 6.92 Å². The number of thiocarbonyl (C=S) groups is 1. The Morgan fingerprint density at radius 1 is 1.25 bits per heavy atom. The van der Waals surface area contributed by atoms with Crippen molar-refractivity contribution in [3.8, 4) is 0 Å². The standard InChI is InChI=1S/C15H14N2OS2/c1-11-5-2-3-7-13(11)17-14(18)10-16(15(17)19)9-12-6-4-8-20-12/h2-8H,9-10H2,1H3. The molecule has 5 heteroatoms. The van der Waals surface area contributed by atoms with Crippen molar-refractivity contribution in [2.75, 3.05) is 11.4 Å². The summed E-state index contributed by atoms with van der Waals surface area (Å²) in [6.07, 6.45) is 0. The highest BCUT2D eigenvalue weighted by Crippen LogP contribution is 2.26. The molecule has 2 heterocycles. The molecule has 20 heavy (non-hydrogen) atoms. The molecule has 1 amide bonds. The Kier molecular flexibility index (Phi) is 3.54. The number of amides is 1. The van der Waals surface area contributed by atoms with E-state index in [4.69, 9.17) is 12.2 Å². The highest BCUT2D eigenvalue weighted by Gasteiger charge is 2.34. The zero-order valence-corrected chi connectivity index (χ0v) is 12.7. The lowest BCUT2D eigenvalue weighted by atomic mass is 10.2. The predicted molar refractivity (Wildman–Crippen MR) is 86.0 cm³/mol. The number of para-hydroxylation sites is 1. The fraction of sp³-hybridized carbons (Fsp3) is 0.200. The molecular formula is C15H14N2OS2. The summed E-state index contributed by atoms with van der Waals surface area (Å²) in [5.41, 5.74) is 1.94. The van der Waals surface area contributed by atoms with E-state index in [2.05, 4.69) is 6.07 Å². The number of carbonyl (C=O) groups excluding carboxylic acids is 1. The summed E-state index contributed by atoms with van der Waals surface area (Å²) in [6.45, 7) is 3.04. The highest BCUT2D eigenvalue weighted by molar-refractivity contribution is 7.80. The first-order valence-corrected chi connectivity index (χ1v) is 7.65. The molecule has 0 saturated carbocycles. The van der Waals surface area contributed by atoms with Crippen LogP contribution in [0.1, 0.15) is 10.4 Å². The predicted octanol–water partition coefficient (Wildman–Crippen LogP) is 3.19. The summed E-state index contributed by atoms with van der Waals surface area (Å²) in [5, 5.41) is 2.63. The Hall–Kier alpha value is -1.72. The van der Waals surface area contributed by atoms with Crippen LogP contribution in [-0.4, -0.2) is 22.5 Å². The summed E-state index contributed by atoms with van der Waals surface area (Å²) < 4.78 is 0. The number of benzene rings is 1. The van der Waals surface area contributed by atoms with Crippen LogP contribution >= 0.6 is 23.6 Å². The number of rotatable bonds is 3. The monoisotopic (exact) mass is 302 g/mol. The molecule has 2 aromatic rings. The maximum Gasteiger partial charge on any atom is 0.252 e. The second-order valence-corrected chi connectivity index (χ2v) is 6.13. The lowest BCUT2D eigenvalue weighted by molar-refractivity contribution is -0.116. The van der Waals surface area contributed by atoms with Crippen molar-refractivity contribution in [1.82, 2.24) is 4.90 Å². The van der Waals surface area contributed by atoms with Gasteiger partial charge in [-0.3, -0.25) is 9.69 Å². The van der Waals surface area contributed by atoms with Gasteiger partial charge in [-0.05, 0) is 42.2 Å². The zero-order valence-electron chi connectivity index (χ0n) is 11.1. The summed E-state index contributed by atoms with van der Waals surface area (Å²) in [4.78, 5) is 17.1. The van der Waals surface area contributed by atoms with Crippen LogP contribution < -0.4 is 4.90 Å². The third kappa shape index (κ3) is 2.34. The van der Waals surface area contributed by atoms with E-state index in [1.54, 1.807) is 16.2 Å². The number of anilines is 1. The lowest BCUT2D eigenvalue weighted by Crippen LogP contribution is -2.32. The van der Waals surface area contributed by atoms with Crippen molar-refractivity contribution >= 4 is 40.3 Å². The van der Waals surface area contributed by atoms with Gasteiger partial charge in [0.25, 0.3) is 5.91 Å². The minimum Gasteiger partial charge on any atom is -0.334 e. The molecule has 3 rings (SSSR count). The van der Waals surface area contributed by atoms with Crippen molar-refractivity contribution in [2.45, 2.75) is 13.5 Å². The van der Waals surface area contributed by atoms with E-state index in [9.17, 15) is 4.79 Å². The largest absolute Gasteiger partial charge is 0.334 e. The maximum atomic E-state index is 12.3. The highest BCUT2D eigenvalue weighted by atomic mass is 32.1. The number of carbonyl (C=O) groups is 1. The second kappa shape index (κ2) is 5.34. The molecule has 1 aromatic heterocycles. The van der Waals surface area contributed by atoms with E-state index in [1.165, 1.54) is 4.88 Å². The summed E-state index contributed by atoms with van der Waals surface area (Å²) in [7, 11) is 0. The fourth-order valence-electron chi connectivity index (χ4n) is 2.32. The molecule has 1 fully saturated rings. The summed E-state index contributed by atoms with van der Waals surface area (Å²) in [6, 6.07) is 11.9. The zero-order chi connectivity index (χ0) is 14.1. The Balaban J connectivity index is 1.86. The van der Waals surface area contributed by atoms with E-state index >= 15 is 0 Å². The average Bonchev–Trinajstić information content (AvgIpc) is 3.01. The molecule has 0 spiro atoms. The molecule has 1 aliphatic heterocycles. The second-order valence-electron chi connectivity index (χ2n) is 4.73. The number of nitrogens with zero attached hydrogens (tertiary/aromatic N) is 2. The molecule has 102 valence electrons. The number of hydrogen-bond donors (Lipinski definition) is 0. The Morgan fingerprint density at radius 2 is 2.05 bits per heavy atom. The molecule has 0 atom stereocenters. The smallest absolute Gasteiger partial charge is 0.252 e. The van der Waals surface area contributed by atoms with Crippen LogP contribution in [0.2, 0.25) is 0 Å². The minimum atomic E-state index is 0.0425. The van der Waals surface area contributed by atoms with Crippen LogP contribution in [0.5, 0.6) is 0 Å². The first kappa shape index (κ1) is 13.3.